The Morgan fingerprint density at radius 1 is 1.45 bits per heavy atom. The van der Waals surface area contributed by atoms with Crippen molar-refractivity contribution in [3.8, 4) is 11.5 Å². The largest absolute Gasteiger partial charge is 0.497 e. The molecule has 124 valence electrons. The molecule has 1 N–H and O–H groups in total. The van der Waals surface area contributed by atoms with Crippen LogP contribution in [0.1, 0.15) is 27.2 Å². The van der Waals surface area contributed by atoms with Crippen molar-refractivity contribution in [3.05, 3.63) is 28.3 Å². The van der Waals surface area contributed by atoms with Gasteiger partial charge in [-0.05, 0) is 38.1 Å². The lowest BCUT2D eigenvalue weighted by Crippen LogP contribution is -2.25. The lowest BCUT2D eigenvalue weighted by atomic mass is 10.3. The molecule has 1 rings (SSSR count). The standard InChI is InChI=1S/C13H21N2O5PS/c1-5-10(3)14-21(22,19-6-2)20-13-9-11(18-4)7-8-12(13)15(16)17/h7-10H,5-6H2,1-4H3,(H,14,22). The lowest BCUT2D eigenvalue weighted by molar-refractivity contribution is -0.385. The highest BCUT2D eigenvalue weighted by molar-refractivity contribution is 8.09. The second-order valence-electron chi connectivity index (χ2n) is 4.54. The molecule has 1 aromatic carbocycles. The summed E-state index contributed by atoms with van der Waals surface area (Å²) in [4.78, 5) is 10.6. The molecule has 22 heavy (non-hydrogen) atoms. The third kappa shape index (κ3) is 5.21. The number of nitro groups is 1. The van der Waals surface area contributed by atoms with Crippen LogP contribution in [0.3, 0.4) is 0 Å². The van der Waals surface area contributed by atoms with Gasteiger partial charge in [-0.3, -0.25) is 10.1 Å². The monoisotopic (exact) mass is 348 g/mol. The van der Waals surface area contributed by atoms with Crippen molar-refractivity contribution in [2.24, 2.45) is 0 Å². The predicted molar refractivity (Wildman–Crippen MR) is 89.1 cm³/mol. The molecule has 0 spiro atoms. The van der Waals surface area contributed by atoms with Crippen molar-refractivity contribution in [2.45, 2.75) is 33.2 Å². The second-order valence-corrected chi connectivity index (χ2v) is 7.67. The summed E-state index contributed by atoms with van der Waals surface area (Å²) in [5, 5.41) is 14.3. The van der Waals surface area contributed by atoms with Gasteiger partial charge >= 0.3 is 12.3 Å². The van der Waals surface area contributed by atoms with Gasteiger partial charge in [0.05, 0.1) is 18.6 Å². The van der Waals surface area contributed by atoms with E-state index in [0.717, 1.165) is 6.42 Å². The van der Waals surface area contributed by atoms with E-state index in [0.29, 0.717) is 12.4 Å². The van der Waals surface area contributed by atoms with E-state index in [1.54, 1.807) is 6.92 Å². The summed E-state index contributed by atoms with van der Waals surface area (Å²) in [6.45, 7) is 3.20. The van der Waals surface area contributed by atoms with Crippen molar-refractivity contribution >= 4 is 24.1 Å². The van der Waals surface area contributed by atoms with Crippen LogP contribution in [-0.2, 0) is 16.3 Å². The molecule has 0 fully saturated rings. The molecule has 1 aromatic rings. The van der Waals surface area contributed by atoms with Crippen LogP contribution >= 0.6 is 6.64 Å². The van der Waals surface area contributed by atoms with E-state index in [-0.39, 0.29) is 17.5 Å². The zero-order valence-electron chi connectivity index (χ0n) is 13.1. The number of rotatable bonds is 9. The first-order valence-electron chi connectivity index (χ1n) is 6.89. The minimum atomic E-state index is -2.89. The molecular formula is C13H21N2O5PS. The first-order valence-corrected chi connectivity index (χ1v) is 9.53. The lowest BCUT2D eigenvalue weighted by Gasteiger charge is -2.26. The summed E-state index contributed by atoms with van der Waals surface area (Å²) in [5.41, 5.74) is -0.180. The molecule has 0 bridgehead atoms. The fraction of sp³-hybridized carbons (Fsp3) is 0.538. The quantitative estimate of drug-likeness (QED) is 0.414. The van der Waals surface area contributed by atoms with Gasteiger partial charge in [-0.2, -0.15) is 0 Å². The number of hydrogen-bond donors (Lipinski definition) is 1. The van der Waals surface area contributed by atoms with Crippen molar-refractivity contribution < 1.29 is 18.7 Å². The Morgan fingerprint density at radius 2 is 2.14 bits per heavy atom. The van der Waals surface area contributed by atoms with Gasteiger partial charge in [0.2, 0.25) is 5.75 Å². The number of hydrogen-bond acceptors (Lipinski definition) is 6. The third-order valence-electron chi connectivity index (χ3n) is 2.87. The van der Waals surface area contributed by atoms with E-state index < -0.39 is 11.6 Å². The first-order chi connectivity index (χ1) is 10.3. The fourth-order valence-corrected chi connectivity index (χ4v) is 4.34. The summed E-state index contributed by atoms with van der Waals surface area (Å²) in [6.07, 6.45) is 0.828. The molecule has 0 aliphatic rings. The van der Waals surface area contributed by atoms with E-state index in [9.17, 15) is 10.1 Å². The van der Waals surface area contributed by atoms with Crippen LogP contribution in [0.5, 0.6) is 11.5 Å². The topological polar surface area (TPSA) is 82.9 Å². The Morgan fingerprint density at radius 3 is 2.64 bits per heavy atom. The molecule has 0 aromatic heterocycles. The summed E-state index contributed by atoms with van der Waals surface area (Å²) < 4.78 is 16.3. The Kier molecular flexibility index (Phi) is 7.22. The van der Waals surface area contributed by atoms with Crippen LogP contribution in [-0.4, -0.2) is 24.7 Å². The molecule has 0 saturated carbocycles. The summed E-state index contributed by atoms with van der Waals surface area (Å²) in [5.74, 6) is 0.485. The number of ether oxygens (including phenoxy) is 1. The van der Waals surface area contributed by atoms with Crippen molar-refractivity contribution in [2.75, 3.05) is 13.7 Å². The number of nitro benzene ring substituents is 1. The predicted octanol–water partition coefficient (Wildman–Crippen LogP) is 3.63. The smallest absolute Gasteiger partial charge is 0.313 e. The van der Waals surface area contributed by atoms with Crippen LogP contribution in [0.4, 0.5) is 5.69 Å². The average molecular weight is 348 g/mol. The number of nitrogens with one attached hydrogen (secondary N) is 1. The van der Waals surface area contributed by atoms with Crippen LogP contribution < -0.4 is 14.3 Å². The molecule has 2 atom stereocenters. The van der Waals surface area contributed by atoms with Gasteiger partial charge in [0.15, 0.2) is 0 Å². The van der Waals surface area contributed by atoms with E-state index in [2.05, 4.69) is 5.09 Å². The number of nitrogens with zero attached hydrogens (tertiary/aromatic N) is 1. The normalized spacial score (nSPS) is 14.9. The Bertz CT molecular complexity index is 569. The van der Waals surface area contributed by atoms with Crippen molar-refractivity contribution in [1.82, 2.24) is 5.09 Å². The minimum Gasteiger partial charge on any atom is -0.497 e. The third-order valence-corrected chi connectivity index (χ3v) is 5.52. The number of methoxy groups -OCH3 is 1. The highest BCUT2D eigenvalue weighted by Crippen LogP contribution is 2.48. The van der Waals surface area contributed by atoms with E-state index >= 15 is 0 Å². The van der Waals surface area contributed by atoms with Crippen molar-refractivity contribution in [3.63, 3.8) is 0 Å². The molecular weight excluding hydrogens is 327 g/mol. The minimum absolute atomic E-state index is 0.0388. The van der Waals surface area contributed by atoms with Crippen LogP contribution in [0.15, 0.2) is 18.2 Å². The SMILES string of the molecule is CCOP(=S)(NC(C)CC)Oc1cc(OC)ccc1[N+](=O)[O-]. The molecule has 0 saturated heterocycles. The maximum Gasteiger partial charge on any atom is 0.313 e. The van der Waals surface area contributed by atoms with Gasteiger partial charge in [-0.15, -0.1) is 0 Å². The van der Waals surface area contributed by atoms with E-state index in [1.807, 2.05) is 13.8 Å². The summed E-state index contributed by atoms with van der Waals surface area (Å²) >= 11 is 5.44. The molecule has 2 unspecified atom stereocenters. The molecule has 0 aliphatic carbocycles. The van der Waals surface area contributed by atoms with Gasteiger partial charge in [-0.25, -0.2) is 5.09 Å². The molecule has 0 amide bonds. The molecule has 0 radical (unpaired) electrons. The van der Waals surface area contributed by atoms with Crippen LogP contribution in [0.2, 0.25) is 0 Å². The Labute approximate surface area is 135 Å². The maximum atomic E-state index is 11.1. The zero-order chi connectivity index (χ0) is 16.8. The maximum absolute atomic E-state index is 11.1. The summed E-state index contributed by atoms with van der Waals surface area (Å²) in [6, 6.07) is 4.33. The highest BCUT2D eigenvalue weighted by atomic mass is 32.5. The molecule has 0 heterocycles. The molecule has 7 nitrogen and oxygen atoms in total. The molecule has 0 aliphatic heterocycles. The van der Waals surface area contributed by atoms with E-state index in [1.165, 1.54) is 25.3 Å². The average Bonchev–Trinajstić information content (AvgIpc) is 2.46. The van der Waals surface area contributed by atoms with Crippen LogP contribution in [0.25, 0.3) is 0 Å². The van der Waals surface area contributed by atoms with E-state index in [4.69, 9.17) is 25.6 Å². The van der Waals surface area contributed by atoms with Crippen LogP contribution in [0, 0.1) is 10.1 Å². The Balaban J connectivity index is 3.16. The highest BCUT2D eigenvalue weighted by Gasteiger charge is 2.27. The van der Waals surface area contributed by atoms with Gasteiger partial charge in [0.1, 0.15) is 5.75 Å². The van der Waals surface area contributed by atoms with Gasteiger partial charge in [0, 0.05) is 18.2 Å². The van der Waals surface area contributed by atoms with Crippen molar-refractivity contribution in [1.29, 1.82) is 0 Å². The fourth-order valence-electron chi connectivity index (χ4n) is 1.60. The van der Waals surface area contributed by atoms with Gasteiger partial charge < -0.3 is 13.8 Å². The number of benzene rings is 1. The summed E-state index contributed by atoms with van der Waals surface area (Å²) in [7, 11) is 1.47. The first kappa shape index (κ1) is 18.8. The van der Waals surface area contributed by atoms with Gasteiger partial charge in [-0.1, -0.05) is 6.92 Å². The molecule has 9 heteroatoms. The van der Waals surface area contributed by atoms with Gasteiger partial charge in [0.25, 0.3) is 0 Å². The Hall–Kier alpha value is -1.21. The second kappa shape index (κ2) is 8.43. The zero-order valence-corrected chi connectivity index (χ0v) is 14.8.